The molecule has 0 aliphatic carbocycles. The molecule has 0 saturated carbocycles. The van der Waals surface area contributed by atoms with Crippen LogP contribution in [-0.2, 0) is 9.53 Å². The molecule has 0 amide bonds. The van der Waals surface area contributed by atoms with Crippen LogP contribution < -0.4 is 0 Å². The van der Waals surface area contributed by atoms with Crippen molar-refractivity contribution in [2.75, 3.05) is 6.61 Å². The minimum absolute atomic E-state index is 0.0580. The lowest BCUT2D eigenvalue weighted by Gasteiger charge is -2.01. The highest BCUT2D eigenvalue weighted by Crippen LogP contribution is 1.94. The molecular weight excluding hydrogens is 160 g/mol. The Labute approximate surface area is 69.0 Å². The van der Waals surface area contributed by atoms with Crippen molar-refractivity contribution in [3.8, 4) is 0 Å². The van der Waals surface area contributed by atoms with Crippen molar-refractivity contribution in [2.24, 2.45) is 0 Å². The SMILES string of the molecule is C=C(C)C(=O)OCCC[Si]O. The molecule has 0 aromatic rings. The van der Waals surface area contributed by atoms with E-state index in [-0.39, 0.29) is 15.7 Å². The highest BCUT2D eigenvalue weighted by molar-refractivity contribution is 6.25. The van der Waals surface area contributed by atoms with Crippen molar-refractivity contribution in [1.82, 2.24) is 0 Å². The lowest BCUT2D eigenvalue weighted by atomic mass is 10.4. The molecule has 0 rings (SSSR count). The van der Waals surface area contributed by atoms with Crippen LogP contribution in [0.2, 0.25) is 6.04 Å². The van der Waals surface area contributed by atoms with E-state index in [0.717, 1.165) is 0 Å². The predicted molar refractivity (Wildman–Crippen MR) is 43.2 cm³/mol. The van der Waals surface area contributed by atoms with E-state index in [0.29, 0.717) is 24.6 Å². The molecule has 0 heterocycles. The molecule has 0 fully saturated rings. The maximum Gasteiger partial charge on any atom is 0.333 e. The number of hydrogen-bond acceptors (Lipinski definition) is 3. The zero-order chi connectivity index (χ0) is 8.69. The molecule has 11 heavy (non-hydrogen) atoms. The number of carbonyl (C=O) groups is 1. The third kappa shape index (κ3) is 5.81. The van der Waals surface area contributed by atoms with E-state index in [2.05, 4.69) is 6.58 Å². The van der Waals surface area contributed by atoms with Crippen LogP contribution in [0.25, 0.3) is 0 Å². The molecule has 3 nitrogen and oxygen atoms in total. The second kappa shape index (κ2) is 6.12. The summed E-state index contributed by atoms with van der Waals surface area (Å²) in [6, 6.07) is 0.698. The Morgan fingerprint density at radius 2 is 2.36 bits per heavy atom. The summed E-state index contributed by atoms with van der Waals surface area (Å²) in [6.07, 6.45) is 0.716. The first-order valence-corrected chi connectivity index (χ1v) is 4.53. The average Bonchev–Trinajstić information content (AvgIpc) is 1.97. The van der Waals surface area contributed by atoms with Gasteiger partial charge in [-0.25, -0.2) is 4.79 Å². The summed E-state index contributed by atoms with van der Waals surface area (Å²) in [5.74, 6) is -0.355. The van der Waals surface area contributed by atoms with Crippen molar-refractivity contribution < 1.29 is 14.3 Å². The van der Waals surface area contributed by atoms with Crippen LogP contribution >= 0.6 is 0 Å². The first kappa shape index (κ1) is 10.4. The van der Waals surface area contributed by atoms with Gasteiger partial charge in [0.25, 0.3) is 0 Å². The molecule has 0 aliphatic heterocycles. The quantitative estimate of drug-likeness (QED) is 0.285. The maximum atomic E-state index is 10.7. The van der Waals surface area contributed by atoms with Crippen LogP contribution in [0.3, 0.4) is 0 Å². The lowest BCUT2D eigenvalue weighted by molar-refractivity contribution is -0.138. The summed E-state index contributed by atoms with van der Waals surface area (Å²) in [6.45, 7) is 5.41. The van der Waals surface area contributed by atoms with Crippen molar-refractivity contribution >= 4 is 15.7 Å². The number of carbonyl (C=O) groups excluding carboxylic acids is 1. The molecule has 0 aromatic heterocycles. The van der Waals surface area contributed by atoms with Gasteiger partial charge in [0.2, 0.25) is 9.76 Å². The Kier molecular flexibility index (Phi) is 5.78. The minimum atomic E-state index is -0.355. The van der Waals surface area contributed by atoms with Crippen molar-refractivity contribution in [1.29, 1.82) is 0 Å². The fourth-order valence-corrected chi connectivity index (χ4v) is 0.742. The van der Waals surface area contributed by atoms with E-state index in [1.807, 2.05) is 0 Å². The van der Waals surface area contributed by atoms with Crippen molar-refractivity contribution in [3.63, 3.8) is 0 Å². The third-order valence-corrected chi connectivity index (χ3v) is 1.59. The molecule has 2 radical (unpaired) electrons. The first-order chi connectivity index (χ1) is 5.18. The minimum Gasteiger partial charge on any atom is -0.462 e. The fourth-order valence-electron chi connectivity index (χ4n) is 0.439. The zero-order valence-electron chi connectivity index (χ0n) is 6.59. The summed E-state index contributed by atoms with van der Waals surface area (Å²) in [7, 11) is -0.0580. The van der Waals surface area contributed by atoms with Gasteiger partial charge in [-0.15, -0.1) is 0 Å². The third-order valence-electron chi connectivity index (χ3n) is 1.01. The standard InChI is InChI=1S/C7H12O3Si/c1-6(2)7(8)10-4-3-5-11-9/h9H,1,3-5H2,2H3. The smallest absolute Gasteiger partial charge is 0.333 e. The summed E-state index contributed by atoms with van der Waals surface area (Å²) >= 11 is 0. The van der Waals surface area contributed by atoms with Crippen LogP contribution in [-0.4, -0.2) is 27.1 Å². The topological polar surface area (TPSA) is 46.5 Å². The second-order valence-electron chi connectivity index (χ2n) is 2.18. The number of ether oxygens (including phenoxy) is 1. The van der Waals surface area contributed by atoms with Gasteiger partial charge < -0.3 is 9.53 Å². The Hall–Kier alpha value is -0.613. The van der Waals surface area contributed by atoms with Crippen molar-refractivity contribution in [2.45, 2.75) is 19.4 Å². The van der Waals surface area contributed by atoms with Crippen LogP contribution in [0, 0.1) is 0 Å². The lowest BCUT2D eigenvalue weighted by Crippen LogP contribution is -2.06. The largest absolute Gasteiger partial charge is 0.462 e. The highest BCUT2D eigenvalue weighted by atomic mass is 28.2. The maximum absolute atomic E-state index is 10.7. The van der Waals surface area contributed by atoms with E-state index in [1.54, 1.807) is 6.92 Å². The second-order valence-corrected chi connectivity index (χ2v) is 2.99. The number of rotatable bonds is 5. The van der Waals surface area contributed by atoms with E-state index in [4.69, 9.17) is 9.53 Å². The van der Waals surface area contributed by atoms with E-state index < -0.39 is 0 Å². The highest BCUT2D eigenvalue weighted by Gasteiger charge is 2.01. The molecule has 0 atom stereocenters. The first-order valence-electron chi connectivity index (χ1n) is 3.38. The van der Waals surface area contributed by atoms with E-state index in [1.165, 1.54) is 0 Å². The van der Waals surface area contributed by atoms with Gasteiger partial charge in [0.1, 0.15) is 0 Å². The Morgan fingerprint density at radius 1 is 1.73 bits per heavy atom. The monoisotopic (exact) mass is 172 g/mol. The summed E-state index contributed by atoms with van der Waals surface area (Å²) < 4.78 is 4.76. The molecule has 4 heteroatoms. The normalized spacial score (nSPS) is 9.27. The molecular formula is C7H12O3Si. The molecule has 0 aromatic carbocycles. The predicted octanol–water partition coefficient (Wildman–Crippen LogP) is 0.526. The molecule has 62 valence electrons. The summed E-state index contributed by atoms with van der Waals surface area (Å²) in [5.41, 5.74) is 0.413. The molecule has 0 unspecified atom stereocenters. The van der Waals surface area contributed by atoms with Gasteiger partial charge in [-0.05, 0) is 19.4 Å². The number of esters is 1. The van der Waals surface area contributed by atoms with Gasteiger partial charge in [-0.1, -0.05) is 6.58 Å². The van der Waals surface area contributed by atoms with Gasteiger partial charge >= 0.3 is 5.97 Å². The summed E-state index contributed by atoms with van der Waals surface area (Å²) in [5, 5.41) is 0. The van der Waals surface area contributed by atoms with E-state index in [9.17, 15) is 4.79 Å². The van der Waals surface area contributed by atoms with Gasteiger partial charge in [-0.3, -0.25) is 0 Å². The van der Waals surface area contributed by atoms with Gasteiger partial charge in [0.15, 0.2) is 0 Å². The molecule has 0 saturated heterocycles. The molecule has 0 aliphatic rings. The van der Waals surface area contributed by atoms with Gasteiger partial charge in [0.05, 0.1) is 6.61 Å². The van der Waals surface area contributed by atoms with Crippen LogP contribution in [0.5, 0.6) is 0 Å². The average molecular weight is 172 g/mol. The van der Waals surface area contributed by atoms with Crippen LogP contribution in [0.4, 0.5) is 0 Å². The Balaban J connectivity index is 3.25. The van der Waals surface area contributed by atoms with Gasteiger partial charge in [-0.2, -0.15) is 0 Å². The van der Waals surface area contributed by atoms with E-state index >= 15 is 0 Å². The molecule has 0 bridgehead atoms. The number of hydrogen-bond donors (Lipinski definition) is 1. The molecule has 1 N–H and O–H groups in total. The fraction of sp³-hybridized carbons (Fsp3) is 0.571. The van der Waals surface area contributed by atoms with Gasteiger partial charge in [0, 0.05) is 5.57 Å². The van der Waals surface area contributed by atoms with Crippen LogP contribution in [0.1, 0.15) is 13.3 Å². The Bertz CT molecular complexity index is 145. The van der Waals surface area contributed by atoms with Crippen molar-refractivity contribution in [3.05, 3.63) is 12.2 Å². The molecule has 0 spiro atoms. The zero-order valence-corrected chi connectivity index (χ0v) is 7.59. The summed E-state index contributed by atoms with van der Waals surface area (Å²) in [4.78, 5) is 19.1. The Morgan fingerprint density at radius 3 is 2.82 bits per heavy atom. The van der Waals surface area contributed by atoms with Crippen LogP contribution in [0.15, 0.2) is 12.2 Å².